The van der Waals surface area contributed by atoms with E-state index in [1.807, 2.05) is 24.3 Å². The van der Waals surface area contributed by atoms with Crippen LogP contribution in [-0.4, -0.2) is 30.3 Å². The van der Waals surface area contributed by atoms with Gasteiger partial charge in [-0.3, -0.25) is 9.89 Å². The first-order valence-corrected chi connectivity index (χ1v) is 9.95. The van der Waals surface area contributed by atoms with Crippen LogP contribution in [0.1, 0.15) is 12.6 Å². The SMILES string of the molecule is CC#CC(=O)Nc1ccccc1-c1cc(CNc2c(Cl)c(OC)cc(OC)c2Cl)[nH]n1. The van der Waals surface area contributed by atoms with E-state index in [4.69, 9.17) is 32.7 Å². The van der Waals surface area contributed by atoms with Crippen molar-refractivity contribution in [3.05, 3.63) is 52.1 Å². The number of methoxy groups -OCH3 is 2. The van der Waals surface area contributed by atoms with Crippen molar-refractivity contribution < 1.29 is 14.3 Å². The number of carbonyl (C=O) groups excluding carboxylic acids is 1. The Kier molecular flexibility index (Phi) is 7.29. The molecule has 0 atom stereocenters. The molecule has 3 rings (SSSR count). The normalized spacial score (nSPS) is 10.1. The summed E-state index contributed by atoms with van der Waals surface area (Å²) >= 11 is 12.8. The highest BCUT2D eigenvalue weighted by Gasteiger charge is 2.17. The van der Waals surface area contributed by atoms with E-state index in [1.54, 1.807) is 19.1 Å². The van der Waals surface area contributed by atoms with Crippen LogP contribution in [0, 0.1) is 11.8 Å². The van der Waals surface area contributed by atoms with Gasteiger partial charge in [-0.2, -0.15) is 5.10 Å². The van der Waals surface area contributed by atoms with E-state index in [2.05, 4.69) is 32.7 Å². The molecule has 0 spiro atoms. The second-order valence-electron chi connectivity index (χ2n) is 6.29. The average Bonchev–Trinajstić information content (AvgIpc) is 3.23. The highest BCUT2D eigenvalue weighted by atomic mass is 35.5. The fourth-order valence-electron chi connectivity index (χ4n) is 2.90. The van der Waals surface area contributed by atoms with Crippen LogP contribution in [0.2, 0.25) is 10.0 Å². The van der Waals surface area contributed by atoms with Crippen LogP contribution in [0.25, 0.3) is 11.3 Å². The fraction of sp³-hybridized carbons (Fsp3) is 0.182. The number of rotatable bonds is 7. The van der Waals surface area contributed by atoms with Crippen molar-refractivity contribution in [3.63, 3.8) is 0 Å². The summed E-state index contributed by atoms with van der Waals surface area (Å²) in [5.74, 6) is 5.53. The molecular weight excluding hydrogens is 439 g/mol. The Hall–Kier alpha value is -3.34. The molecular formula is C22H20Cl2N4O3. The fourth-order valence-corrected chi connectivity index (χ4v) is 3.53. The number of hydrogen-bond acceptors (Lipinski definition) is 5. The molecule has 3 aromatic rings. The third kappa shape index (κ3) is 5.05. The van der Waals surface area contributed by atoms with Gasteiger partial charge in [-0.1, -0.05) is 47.3 Å². The lowest BCUT2D eigenvalue weighted by Gasteiger charge is -2.15. The van der Waals surface area contributed by atoms with Crippen molar-refractivity contribution in [2.24, 2.45) is 0 Å². The smallest absolute Gasteiger partial charge is 0.300 e. The van der Waals surface area contributed by atoms with Crippen molar-refractivity contribution in [2.75, 3.05) is 24.9 Å². The zero-order valence-corrected chi connectivity index (χ0v) is 18.6. The van der Waals surface area contributed by atoms with Gasteiger partial charge in [0.2, 0.25) is 0 Å². The van der Waals surface area contributed by atoms with Crippen molar-refractivity contribution in [3.8, 4) is 34.6 Å². The monoisotopic (exact) mass is 458 g/mol. The Balaban J connectivity index is 1.82. The zero-order chi connectivity index (χ0) is 22.4. The van der Waals surface area contributed by atoms with Gasteiger partial charge in [0.25, 0.3) is 5.91 Å². The molecule has 2 aromatic carbocycles. The summed E-state index contributed by atoms with van der Waals surface area (Å²) in [6.07, 6.45) is 0. The summed E-state index contributed by atoms with van der Waals surface area (Å²) in [6.45, 7) is 1.97. The molecule has 160 valence electrons. The Morgan fingerprint density at radius 3 is 2.45 bits per heavy atom. The molecule has 7 nitrogen and oxygen atoms in total. The van der Waals surface area contributed by atoms with Crippen LogP contribution in [0.5, 0.6) is 11.5 Å². The van der Waals surface area contributed by atoms with Crippen LogP contribution in [0.4, 0.5) is 11.4 Å². The molecule has 0 fully saturated rings. The van der Waals surface area contributed by atoms with Gasteiger partial charge in [0.05, 0.1) is 43.5 Å². The van der Waals surface area contributed by atoms with E-state index in [0.717, 1.165) is 11.3 Å². The van der Waals surface area contributed by atoms with Crippen LogP contribution in [0.3, 0.4) is 0 Å². The lowest BCUT2D eigenvalue weighted by molar-refractivity contribution is -0.111. The number of nitrogens with zero attached hydrogens (tertiary/aromatic N) is 1. The summed E-state index contributed by atoms with van der Waals surface area (Å²) < 4.78 is 10.6. The predicted molar refractivity (Wildman–Crippen MR) is 123 cm³/mol. The van der Waals surface area contributed by atoms with E-state index in [0.29, 0.717) is 45.2 Å². The minimum Gasteiger partial charge on any atom is -0.495 e. The Labute approximate surface area is 190 Å². The second-order valence-corrected chi connectivity index (χ2v) is 7.05. The predicted octanol–water partition coefficient (Wildman–Crippen LogP) is 4.97. The van der Waals surface area contributed by atoms with Crippen LogP contribution < -0.4 is 20.1 Å². The van der Waals surface area contributed by atoms with Crippen molar-refractivity contribution >= 4 is 40.5 Å². The number of ether oxygens (including phenoxy) is 2. The third-order valence-corrected chi connectivity index (χ3v) is 5.10. The molecule has 0 radical (unpaired) electrons. The summed E-state index contributed by atoms with van der Waals surface area (Å²) in [5, 5.41) is 14.0. The maximum atomic E-state index is 11.9. The summed E-state index contributed by atoms with van der Waals surface area (Å²) in [4.78, 5) is 11.9. The molecule has 0 saturated carbocycles. The molecule has 0 unspecified atom stereocenters. The minimum absolute atomic E-state index is 0.345. The number of halogens is 2. The van der Waals surface area contributed by atoms with Gasteiger partial charge in [-0.25, -0.2) is 0 Å². The lowest BCUT2D eigenvalue weighted by atomic mass is 10.1. The number of para-hydroxylation sites is 1. The molecule has 1 aromatic heterocycles. The first-order valence-electron chi connectivity index (χ1n) is 9.19. The molecule has 1 heterocycles. The number of aromatic nitrogens is 2. The van der Waals surface area contributed by atoms with Crippen LogP contribution >= 0.6 is 23.2 Å². The van der Waals surface area contributed by atoms with Gasteiger partial charge in [-0.15, -0.1) is 0 Å². The van der Waals surface area contributed by atoms with Crippen molar-refractivity contribution in [1.29, 1.82) is 0 Å². The Bertz CT molecular complexity index is 1140. The van der Waals surface area contributed by atoms with Gasteiger partial charge >= 0.3 is 0 Å². The lowest BCUT2D eigenvalue weighted by Crippen LogP contribution is -2.09. The number of H-pyrrole nitrogens is 1. The number of benzene rings is 2. The summed E-state index contributed by atoms with van der Waals surface area (Å²) in [7, 11) is 3.03. The van der Waals surface area contributed by atoms with Crippen molar-refractivity contribution in [1.82, 2.24) is 10.2 Å². The number of aromatic amines is 1. The maximum Gasteiger partial charge on any atom is 0.300 e. The zero-order valence-electron chi connectivity index (χ0n) is 17.1. The highest BCUT2D eigenvalue weighted by molar-refractivity contribution is 6.41. The van der Waals surface area contributed by atoms with Crippen molar-refractivity contribution in [2.45, 2.75) is 13.5 Å². The number of anilines is 2. The minimum atomic E-state index is -0.386. The molecule has 0 aliphatic carbocycles. The molecule has 0 aliphatic heterocycles. The highest BCUT2D eigenvalue weighted by Crippen LogP contribution is 2.44. The van der Waals surface area contributed by atoms with Crippen LogP contribution in [0.15, 0.2) is 36.4 Å². The molecule has 0 bridgehead atoms. The number of nitrogens with one attached hydrogen (secondary N) is 3. The standard InChI is InChI=1S/C22H20Cl2N4O3/c1-4-7-19(29)26-15-9-6-5-8-14(15)16-10-13(27-28-16)12-25-22-20(23)17(30-2)11-18(31-3)21(22)24/h5-6,8-11,25H,12H2,1-3H3,(H,26,29)(H,27,28). The molecule has 9 heteroatoms. The maximum absolute atomic E-state index is 11.9. The third-order valence-electron chi connectivity index (χ3n) is 4.35. The number of amides is 1. The largest absolute Gasteiger partial charge is 0.495 e. The van der Waals surface area contributed by atoms with E-state index < -0.39 is 0 Å². The summed E-state index contributed by atoms with van der Waals surface area (Å²) in [6, 6.07) is 10.8. The van der Waals surface area contributed by atoms with Gasteiger partial charge < -0.3 is 20.1 Å². The Morgan fingerprint density at radius 1 is 1.13 bits per heavy atom. The average molecular weight is 459 g/mol. The van der Waals surface area contributed by atoms with E-state index in [1.165, 1.54) is 14.2 Å². The molecule has 0 saturated heterocycles. The number of hydrogen-bond donors (Lipinski definition) is 3. The van der Waals surface area contributed by atoms with E-state index in [-0.39, 0.29) is 5.91 Å². The first kappa shape index (κ1) is 22.3. The molecule has 3 N–H and O–H groups in total. The molecule has 0 aliphatic rings. The topological polar surface area (TPSA) is 88.3 Å². The first-order chi connectivity index (χ1) is 15.0. The molecule has 31 heavy (non-hydrogen) atoms. The Morgan fingerprint density at radius 2 is 1.81 bits per heavy atom. The quantitative estimate of drug-likeness (QED) is 0.434. The van der Waals surface area contributed by atoms with Gasteiger partial charge in [0, 0.05) is 11.6 Å². The summed E-state index contributed by atoms with van der Waals surface area (Å²) in [5.41, 5.74) is 3.30. The van der Waals surface area contributed by atoms with E-state index >= 15 is 0 Å². The second kappa shape index (κ2) is 10.1. The van der Waals surface area contributed by atoms with E-state index in [9.17, 15) is 4.79 Å². The van der Waals surface area contributed by atoms with Gasteiger partial charge in [-0.05, 0) is 25.0 Å². The van der Waals surface area contributed by atoms with Gasteiger partial charge in [0.1, 0.15) is 21.5 Å². The molecule has 1 amide bonds. The van der Waals surface area contributed by atoms with Crippen LogP contribution in [-0.2, 0) is 11.3 Å². The van der Waals surface area contributed by atoms with Gasteiger partial charge in [0.15, 0.2) is 0 Å². The number of carbonyl (C=O) groups is 1.